The Morgan fingerprint density at radius 1 is 1.18 bits per heavy atom. The van der Waals surface area contributed by atoms with Gasteiger partial charge >= 0.3 is 6.18 Å². The third kappa shape index (κ3) is 7.07. The summed E-state index contributed by atoms with van der Waals surface area (Å²) in [4.78, 5) is 0. The molecule has 0 aliphatic rings. The first-order valence-corrected chi connectivity index (χ1v) is 5.38. The molecule has 0 heterocycles. The summed E-state index contributed by atoms with van der Waals surface area (Å²) in [6.07, 6.45) is -3.88. The van der Waals surface area contributed by atoms with Crippen molar-refractivity contribution < 1.29 is 22.6 Å². The maximum atomic E-state index is 11.7. The Hall–Kier alpha value is -0.940. The summed E-state index contributed by atoms with van der Waals surface area (Å²) in [5.74, 6) is 0.591. The lowest BCUT2D eigenvalue weighted by molar-refractivity contribution is -0.174. The van der Waals surface area contributed by atoms with Crippen molar-refractivity contribution in [1.29, 1.82) is 0 Å². The molecule has 0 aliphatic carbocycles. The summed E-state index contributed by atoms with van der Waals surface area (Å²) in [6.45, 7) is -0.914. The summed E-state index contributed by atoms with van der Waals surface area (Å²) in [7, 11) is 0. The van der Waals surface area contributed by atoms with E-state index in [4.69, 9.17) is 16.3 Å². The van der Waals surface area contributed by atoms with E-state index < -0.39 is 12.8 Å². The van der Waals surface area contributed by atoms with E-state index in [2.05, 4.69) is 4.74 Å². The highest BCUT2D eigenvalue weighted by Gasteiger charge is 2.27. The second-order valence-corrected chi connectivity index (χ2v) is 3.76. The Labute approximate surface area is 102 Å². The van der Waals surface area contributed by atoms with Crippen LogP contribution in [0.4, 0.5) is 13.2 Å². The minimum absolute atomic E-state index is 0.0140. The van der Waals surface area contributed by atoms with E-state index in [-0.39, 0.29) is 13.2 Å². The number of alkyl halides is 3. The van der Waals surface area contributed by atoms with Gasteiger partial charge in [-0.25, -0.2) is 0 Å². The number of rotatable bonds is 6. The number of ether oxygens (including phenoxy) is 2. The molecule has 0 N–H and O–H groups in total. The summed E-state index contributed by atoms with van der Waals surface area (Å²) in [5, 5.41) is 0.552. The molecule has 0 saturated heterocycles. The third-order valence-corrected chi connectivity index (χ3v) is 2.00. The van der Waals surface area contributed by atoms with E-state index in [0.29, 0.717) is 17.2 Å². The Balaban J connectivity index is 2.09. The second kappa shape index (κ2) is 6.71. The first-order valence-electron chi connectivity index (χ1n) is 5.00. The topological polar surface area (TPSA) is 18.5 Å². The van der Waals surface area contributed by atoms with Gasteiger partial charge in [0.15, 0.2) is 0 Å². The lowest BCUT2D eigenvalue weighted by atomic mass is 10.3. The maximum Gasteiger partial charge on any atom is 0.411 e. The van der Waals surface area contributed by atoms with Gasteiger partial charge in [0.1, 0.15) is 12.4 Å². The van der Waals surface area contributed by atoms with E-state index in [1.54, 1.807) is 24.3 Å². The van der Waals surface area contributed by atoms with Crippen molar-refractivity contribution in [3.63, 3.8) is 0 Å². The van der Waals surface area contributed by atoms with E-state index in [1.807, 2.05) is 0 Å². The van der Waals surface area contributed by atoms with Crippen LogP contribution in [0.25, 0.3) is 0 Å². The van der Waals surface area contributed by atoms with Crippen LogP contribution < -0.4 is 4.74 Å². The average molecular weight is 269 g/mol. The summed E-state index contributed by atoms with van der Waals surface area (Å²) < 4.78 is 44.8. The van der Waals surface area contributed by atoms with Crippen molar-refractivity contribution in [2.75, 3.05) is 19.8 Å². The molecule has 1 aromatic carbocycles. The molecule has 0 radical (unpaired) electrons. The van der Waals surface area contributed by atoms with Crippen molar-refractivity contribution >= 4 is 11.6 Å². The molecule has 0 bridgehead atoms. The number of halogens is 4. The lowest BCUT2D eigenvalue weighted by Gasteiger charge is -2.08. The molecule has 0 atom stereocenters. The molecule has 0 amide bonds. The van der Waals surface area contributed by atoms with Crippen molar-refractivity contribution in [2.45, 2.75) is 12.6 Å². The predicted molar refractivity (Wildman–Crippen MR) is 58.4 cm³/mol. The van der Waals surface area contributed by atoms with Gasteiger partial charge in [0.25, 0.3) is 0 Å². The summed E-state index contributed by atoms with van der Waals surface area (Å²) in [6, 6.07) is 6.80. The van der Waals surface area contributed by atoms with Crippen LogP contribution in [0.1, 0.15) is 6.42 Å². The first-order chi connectivity index (χ1) is 7.97. The maximum absolute atomic E-state index is 11.7. The van der Waals surface area contributed by atoms with Crippen LogP contribution in [0.5, 0.6) is 5.75 Å². The summed E-state index contributed by atoms with van der Waals surface area (Å²) in [5.41, 5.74) is 0. The zero-order chi connectivity index (χ0) is 12.7. The van der Waals surface area contributed by atoms with Crippen LogP contribution in [-0.4, -0.2) is 26.0 Å². The van der Waals surface area contributed by atoms with Crippen LogP contribution in [0.15, 0.2) is 24.3 Å². The highest BCUT2D eigenvalue weighted by molar-refractivity contribution is 6.30. The summed E-state index contributed by atoms with van der Waals surface area (Å²) >= 11 is 5.73. The number of hydrogen-bond donors (Lipinski definition) is 0. The molecule has 17 heavy (non-hydrogen) atoms. The van der Waals surface area contributed by atoms with Crippen LogP contribution in [-0.2, 0) is 4.74 Å². The predicted octanol–water partition coefficient (Wildman–Crippen LogP) is 3.69. The van der Waals surface area contributed by atoms with Gasteiger partial charge in [-0.2, -0.15) is 13.2 Å². The molecular weight excluding hydrogens is 257 g/mol. The number of benzene rings is 1. The number of hydrogen-bond acceptors (Lipinski definition) is 2. The van der Waals surface area contributed by atoms with E-state index >= 15 is 0 Å². The van der Waals surface area contributed by atoms with E-state index in [9.17, 15) is 13.2 Å². The second-order valence-electron chi connectivity index (χ2n) is 3.33. The molecule has 1 aromatic rings. The largest absolute Gasteiger partial charge is 0.493 e. The van der Waals surface area contributed by atoms with Gasteiger partial charge in [0, 0.05) is 11.4 Å². The molecular formula is C11H12ClF3O2. The zero-order valence-corrected chi connectivity index (χ0v) is 9.72. The zero-order valence-electron chi connectivity index (χ0n) is 8.97. The molecule has 0 unspecified atom stereocenters. The van der Waals surface area contributed by atoms with E-state index in [0.717, 1.165) is 0 Å². The van der Waals surface area contributed by atoms with Crippen molar-refractivity contribution in [2.24, 2.45) is 0 Å². The molecule has 0 saturated carbocycles. The van der Waals surface area contributed by atoms with Gasteiger partial charge in [0.2, 0.25) is 0 Å². The SMILES string of the molecule is FC(F)(F)COCCCOc1cccc(Cl)c1. The Morgan fingerprint density at radius 3 is 2.59 bits per heavy atom. The smallest absolute Gasteiger partial charge is 0.411 e. The van der Waals surface area contributed by atoms with Gasteiger partial charge in [-0.05, 0) is 18.2 Å². The Bertz CT molecular complexity index is 342. The van der Waals surface area contributed by atoms with Crippen LogP contribution in [0.2, 0.25) is 5.02 Å². The quantitative estimate of drug-likeness (QED) is 0.733. The molecule has 0 aromatic heterocycles. The highest BCUT2D eigenvalue weighted by Crippen LogP contribution is 2.17. The minimum Gasteiger partial charge on any atom is -0.493 e. The molecule has 96 valence electrons. The third-order valence-electron chi connectivity index (χ3n) is 1.76. The Morgan fingerprint density at radius 2 is 1.94 bits per heavy atom. The molecule has 2 nitrogen and oxygen atoms in total. The van der Waals surface area contributed by atoms with E-state index in [1.165, 1.54) is 0 Å². The first kappa shape index (κ1) is 14.1. The van der Waals surface area contributed by atoms with Gasteiger partial charge < -0.3 is 9.47 Å². The fourth-order valence-corrected chi connectivity index (χ4v) is 1.28. The van der Waals surface area contributed by atoms with Gasteiger partial charge in [-0.1, -0.05) is 17.7 Å². The van der Waals surface area contributed by atoms with Gasteiger partial charge in [-0.15, -0.1) is 0 Å². The van der Waals surface area contributed by atoms with Gasteiger partial charge in [-0.3, -0.25) is 0 Å². The molecule has 0 fully saturated rings. The molecule has 0 aliphatic heterocycles. The van der Waals surface area contributed by atoms with Gasteiger partial charge in [0.05, 0.1) is 13.2 Å². The molecule has 0 spiro atoms. The average Bonchev–Trinajstić information content (AvgIpc) is 2.22. The molecule has 6 heteroatoms. The fourth-order valence-electron chi connectivity index (χ4n) is 1.10. The standard InChI is InChI=1S/C11H12ClF3O2/c12-9-3-1-4-10(7-9)17-6-2-5-16-8-11(13,14)15/h1,3-4,7H,2,5-6,8H2. The minimum atomic E-state index is -4.27. The fraction of sp³-hybridized carbons (Fsp3) is 0.455. The van der Waals surface area contributed by atoms with Crippen LogP contribution in [0, 0.1) is 0 Å². The lowest BCUT2D eigenvalue weighted by Crippen LogP contribution is -2.18. The van der Waals surface area contributed by atoms with Crippen molar-refractivity contribution in [3.8, 4) is 5.75 Å². The van der Waals surface area contributed by atoms with Crippen molar-refractivity contribution in [3.05, 3.63) is 29.3 Å². The van der Waals surface area contributed by atoms with Crippen LogP contribution in [0.3, 0.4) is 0 Å². The normalized spacial score (nSPS) is 11.5. The van der Waals surface area contributed by atoms with Crippen molar-refractivity contribution in [1.82, 2.24) is 0 Å². The Kier molecular flexibility index (Phi) is 5.58. The van der Waals surface area contributed by atoms with Crippen LogP contribution >= 0.6 is 11.6 Å². The monoisotopic (exact) mass is 268 g/mol. The highest BCUT2D eigenvalue weighted by atomic mass is 35.5. The molecule has 1 rings (SSSR count).